The summed E-state index contributed by atoms with van der Waals surface area (Å²) in [5.41, 5.74) is 1.58. The van der Waals surface area contributed by atoms with Gasteiger partial charge in [0.25, 0.3) is 10.4 Å². The van der Waals surface area contributed by atoms with Crippen LogP contribution in [0.4, 0.5) is 0 Å². The molecule has 2 heterocycles. The first-order chi connectivity index (χ1) is 8.85. The zero-order valence-corrected chi connectivity index (χ0v) is 10.6. The van der Waals surface area contributed by atoms with Crippen molar-refractivity contribution < 1.29 is 8.83 Å². The number of hydrogen-bond donors (Lipinski definition) is 0. The fourth-order valence-corrected chi connectivity index (χ4v) is 2.21. The van der Waals surface area contributed by atoms with E-state index >= 15 is 0 Å². The number of para-hydroxylation sites is 2. The zero-order chi connectivity index (χ0) is 12.4. The maximum atomic E-state index is 5.57. The van der Waals surface area contributed by atoms with Gasteiger partial charge >= 0.3 is 0 Å². The van der Waals surface area contributed by atoms with Gasteiger partial charge in [0.2, 0.25) is 5.89 Å². The van der Waals surface area contributed by atoms with Gasteiger partial charge in [-0.3, -0.25) is 0 Å². The van der Waals surface area contributed by atoms with Crippen LogP contribution in [-0.2, 0) is 6.42 Å². The molecule has 0 spiro atoms. The third-order valence-electron chi connectivity index (χ3n) is 2.36. The number of aromatic nitrogens is 3. The maximum absolute atomic E-state index is 5.57. The van der Waals surface area contributed by atoms with Crippen LogP contribution in [0.25, 0.3) is 11.1 Å². The van der Waals surface area contributed by atoms with Gasteiger partial charge in [-0.15, -0.1) is 10.2 Å². The molecule has 5 nitrogen and oxygen atoms in total. The highest BCUT2D eigenvalue weighted by atomic mass is 32.2. The Kier molecular flexibility index (Phi) is 3.02. The van der Waals surface area contributed by atoms with Crippen molar-refractivity contribution in [3.05, 3.63) is 30.2 Å². The Balaban J connectivity index is 1.82. The third kappa shape index (κ3) is 2.24. The van der Waals surface area contributed by atoms with Gasteiger partial charge in [-0.1, -0.05) is 19.1 Å². The smallest absolute Gasteiger partial charge is 0.286 e. The summed E-state index contributed by atoms with van der Waals surface area (Å²) in [6.07, 6.45) is 1.77. The van der Waals surface area contributed by atoms with Crippen molar-refractivity contribution in [1.82, 2.24) is 15.2 Å². The van der Waals surface area contributed by atoms with E-state index in [9.17, 15) is 0 Å². The van der Waals surface area contributed by atoms with Gasteiger partial charge in [0.15, 0.2) is 5.58 Å². The summed E-state index contributed by atoms with van der Waals surface area (Å²) >= 11 is 1.24. The molecule has 0 N–H and O–H groups in total. The quantitative estimate of drug-likeness (QED) is 0.717. The highest BCUT2D eigenvalue weighted by molar-refractivity contribution is 7.98. The molecule has 0 aliphatic rings. The molecule has 0 unspecified atom stereocenters. The lowest BCUT2D eigenvalue weighted by Crippen LogP contribution is -1.80. The van der Waals surface area contributed by atoms with Gasteiger partial charge < -0.3 is 8.83 Å². The minimum absolute atomic E-state index is 0.463. The highest BCUT2D eigenvalue weighted by Gasteiger charge is 2.12. The predicted octanol–water partition coefficient (Wildman–Crippen LogP) is 3.31. The van der Waals surface area contributed by atoms with Crippen LogP contribution in [0.2, 0.25) is 0 Å². The predicted molar refractivity (Wildman–Crippen MR) is 66.4 cm³/mol. The molecule has 0 bridgehead atoms. The van der Waals surface area contributed by atoms with Gasteiger partial charge in [0, 0.05) is 18.2 Å². The van der Waals surface area contributed by atoms with E-state index in [1.165, 1.54) is 11.8 Å². The lowest BCUT2D eigenvalue weighted by molar-refractivity contribution is 0.407. The Bertz CT molecular complexity index is 629. The molecule has 0 aliphatic heterocycles. The van der Waals surface area contributed by atoms with Crippen LogP contribution in [0.15, 0.2) is 43.5 Å². The molecule has 2 aromatic heterocycles. The largest absolute Gasteiger partial charge is 0.431 e. The zero-order valence-electron chi connectivity index (χ0n) is 9.79. The van der Waals surface area contributed by atoms with Crippen LogP contribution in [0.3, 0.4) is 0 Å². The summed E-state index contributed by atoms with van der Waals surface area (Å²) in [4.78, 5) is 4.33. The Hall–Kier alpha value is -1.82. The molecule has 0 atom stereocenters. The Morgan fingerprint density at radius 1 is 1.11 bits per heavy atom. The van der Waals surface area contributed by atoms with Crippen molar-refractivity contribution in [2.45, 2.75) is 30.2 Å². The summed E-state index contributed by atoms with van der Waals surface area (Å²) in [6.45, 7) is 2.07. The molecular formula is C12H11N3O2S. The normalized spacial score (nSPS) is 11.2. The first-order valence-corrected chi connectivity index (χ1v) is 6.52. The average Bonchev–Trinajstić information content (AvgIpc) is 2.96. The van der Waals surface area contributed by atoms with E-state index in [2.05, 4.69) is 22.1 Å². The molecule has 6 heteroatoms. The molecule has 0 saturated heterocycles. The van der Waals surface area contributed by atoms with Crippen molar-refractivity contribution in [2.75, 3.05) is 0 Å². The van der Waals surface area contributed by atoms with E-state index in [0.29, 0.717) is 16.3 Å². The van der Waals surface area contributed by atoms with Crippen LogP contribution in [0, 0.1) is 0 Å². The molecule has 92 valence electrons. The number of hydrogen-bond acceptors (Lipinski definition) is 6. The van der Waals surface area contributed by atoms with E-state index in [-0.39, 0.29) is 0 Å². The molecule has 0 aliphatic carbocycles. The van der Waals surface area contributed by atoms with Gasteiger partial charge in [-0.25, -0.2) is 4.98 Å². The molecule has 0 saturated carbocycles. The lowest BCUT2D eigenvalue weighted by Gasteiger charge is -1.87. The van der Waals surface area contributed by atoms with E-state index in [4.69, 9.17) is 8.83 Å². The summed E-state index contributed by atoms with van der Waals surface area (Å²) in [6, 6.07) is 7.61. The summed E-state index contributed by atoms with van der Waals surface area (Å²) in [5, 5.41) is 8.88. The number of fused-ring (bicyclic) bond motifs is 1. The Morgan fingerprint density at radius 2 is 2.00 bits per heavy atom. The fraction of sp³-hybridized carbons (Fsp3) is 0.250. The van der Waals surface area contributed by atoms with Gasteiger partial charge in [-0.2, -0.15) is 0 Å². The number of nitrogens with zero attached hydrogens (tertiary/aromatic N) is 3. The van der Waals surface area contributed by atoms with E-state index in [1.807, 2.05) is 24.3 Å². The van der Waals surface area contributed by atoms with Crippen LogP contribution >= 0.6 is 11.8 Å². The summed E-state index contributed by atoms with van der Waals surface area (Å²) in [7, 11) is 0. The van der Waals surface area contributed by atoms with E-state index in [1.54, 1.807) is 0 Å². The standard InChI is InChI=1S/C12H11N3O2S/c1-2-5-10-14-15-12(17-10)18-11-13-8-6-3-4-7-9(8)16-11/h3-4,6-7H,2,5H2,1H3. The van der Waals surface area contributed by atoms with Crippen molar-refractivity contribution in [2.24, 2.45) is 0 Å². The van der Waals surface area contributed by atoms with Crippen LogP contribution in [0.1, 0.15) is 19.2 Å². The van der Waals surface area contributed by atoms with Gasteiger partial charge in [0.05, 0.1) is 0 Å². The number of benzene rings is 1. The molecule has 0 radical (unpaired) electrons. The molecule has 18 heavy (non-hydrogen) atoms. The number of aryl methyl sites for hydroxylation is 1. The molecule has 3 rings (SSSR count). The fourth-order valence-electron chi connectivity index (χ4n) is 1.56. The monoisotopic (exact) mass is 261 g/mol. The average molecular weight is 261 g/mol. The topological polar surface area (TPSA) is 65.0 Å². The minimum atomic E-state index is 0.463. The lowest BCUT2D eigenvalue weighted by atomic mass is 10.3. The second kappa shape index (κ2) is 4.81. The third-order valence-corrected chi connectivity index (χ3v) is 3.05. The Labute approximate surface area is 108 Å². The maximum Gasteiger partial charge on any atom is 0.286 e. The second-order valence-corrected chi connectivity index (χ2v) is 4.66. The highest BCUT2D eigenvalue weighted by Crippen LogP contribution is 2.28. The van der Waals surface area contributed by atoms with Crippen molar-refractivity contribution in [1.29, 1.82) is 0 Å². The van der Waals surface area contributed by atoms with Gasteiger partial charge in [0.1, 0.15) is 5.52 Å². The van der Waals surface area contributed by atoms with Crippen molar-refractivity contribution in [3.63, 3.8) is 0 Å². The first kappa shape index (κ1) is 11.3. The summed E-state index contributed by atoms with van der Waals surface area (Å²) < 4.78 is 11.0. The van der Waals surface area contributed by atoms with Crippen LogP contribution in [-0.4, -0.2) is 15.2 Å². The van der Waals surface area contributed by atoms with E-state index in [0.717, 1.165) is 23.9 Å². The van der Waals surface area contributed by atoms with Crippen LogP contribution < -0.4 is 0 Å². The number of oxazole rings is 1. The van der Waals surface area contributed by atoms with Crippen LogP contribution in [0.5, 0.6) is 0 Å². The van der Waals surface area contributed by atoms with Crippen molar-refractivity contribution >= 4 is 22.9 Å². The summed E-state index contributed by atoms with van der Waals surface area (Å²) in [5.74, 6) is 0.649. The minimum Gasteiger partial charge on any atom is -0.431 e. The van der Waals surface area contributed by atoms with E-state index < -0.39 is 0 Å². The van der Waals surface area contributed by atoms with Gasteiger partial charge in [-0.05, 0) is 18.6 Å². The van der Waals surface area contributed by atoms with Crippen molar-refractivity contribution in [3.8, 4) is 0 Å². The molecule has 1 aromatic carbocycles. The molecule has 0 amide bonds. The second-order valence-electron chi connectivity index (χ2n) is 3.76. The molecule has 0 fully saturated rings. The Morgan fingerprint density at radius 3 is 2.83 bits per heavy atom. The first-order valence-electron chi connectivity index (χ1n) is 5.71. The number of rotatable bonds is 4. The molecular weight excluding hydrogens is 250 g/mol. The SMILES string of the molecule is CCCc1nnc(Sc2nc3ccccc3o2)o1. The molecule has 3 aromatic rings.